The lowest BCUT2D eigenvalue weighted by molar-refractivity contribution is 0.431. The number of phenolic OH excluding ortho intramolecular Hbond substituents is 1. The highest BCUT2D eigenvalue weighted by Crippen LogP contribution is 2.30. The Morgan fingerprint density at radius 3 is 2.70 bits per heavy atom. The first-order valence-corrected chi connectivity index (χ1v) is 7.18. The maximum absolute atomic E-state index is 9.71. The molecule has 4 nitrogen and oxygen atoms in total. The number of hydrogen-bond acceptors (Lipinski definition) is 4. The number of aromatic hydroxyl groups is 1. The third-order valence-electron chi connectivity index (χ3n) is 2.73. The molecular formula is C14H8ClIN2O2. The van der Waals surface area contributed by atoms with Crippen molar-refractivity contribution in [3.05, 3.63) is 51.1 Å². The lowest BCUT2D eigenvalue weighted by Gasteiger charge is -1.98. The van der Waals surface area contributed by atoms with Crippen molar-refractivity contribution in [2.24, 2.45) is 0 Å². The van der Waals surface area contributed by atoms with Crippen LogP contribution in [0.3, 0.4) is 0 Å². The first kappa shape index (κ1) is 13.4. The summed E-state index contributed by atoms with van der Waals surface area (Å²) in [5.74, 6) is 0.941. The molecule has 1 N–H and O–H groups in total. The fourth-order valence-electron chi connectivity index (χ4n) is 1.74. The Kier molecular flexibility index (Phi) is 3.62. The highest BCUT2D eigenvalue weighted by molar-refractivity contribution is 14.1. The first-order valence-electron chi connectivity index (χ1n) is 5.72. The lowest BCUT2D eigenvalue weighted by atomic mass is 10.2. The van der Waals surface area contributed by atoms with Gasteiger partial charge in [0.05, 0.1) is 8.59 Å². The van der Waals surface area contributed by atoms with Crippen molar-refractivity contribution in [3.8, 4) is 28.6 Å². The number of benzene rings is 2. The van der Waals surface area contributed by atoms with Gasteiger partial charge in [-0.3, -0.25) is 0 Å². The summed E-state index contributed by atoms with van der Waals surface area (Å²) in [6.07, 6.45) is 0. The molecule has 0 aliphatic rings. The molecular weight excluding hydrogens is 391 g/mol. The fraction of sp³-hybridized carbons (Fsp3) is 0. The van der Waals surface area contributed by atoms with Gasteiger partial charge in [0.1, 0.15) is 5.75 Å². The van der Waals surface area contributed by atoms with Crippen LogP contribution in [0, 0.1) is 3.57 Å². The van der Waals surface area contributed by atoms with Gasteiger partial charge in [-0.1, -0.05) is 28.9 Å². The van der Waals surface area contributed by atoms with E-state index < -0.39 is 0 Å². The second kappa shape index (κ2) is 5.41. The topological polar surface area (TPSA) is 59.2 Å². The lowest BCUT2D eigenvalue weighted by Crippen LogP contribution is -1.83. The van der Waals surface area contributed by atoms with Crippen LogP contribution in [0.4, 0.5) is 0 Å². The fourth-order valence-corrected chi connectivity index (χ4v) is 2.29. The smallest absolute Gasteiger partial charge is 0.258 e. The minimum absolute atomic E-state index is 0.181. The SMILES string of the molecule is Oc1cc(-c2nc(-c3ccccc3Cl)no2)ccc1I. The quantitative estimate of drug-likeness (QED) is 0.651. The van der Waals surface area contributed by atoms with E-state index in [1.165, 1.54) is 0 Å². The molecule has 6 heteroatoms. The van der Waals surface area contributed by atoms with Gasteiger partial charge in [-0.05, 0) is 52.9 Å². The van der Waals surface area contributed by atoms with Crippen LogP contribution in [0.25, 0.3) is 22.8 Å². The summed E-state index contributed by atoms with van der Waals surface area (Å²) < 4.78 is 5.98. The Labute approximate surface area is 133 Å². The molecule has 0 unspecified atom stereocenters. The first-order chi connectivity index (χ1) is 9.65. The molecule has 0 saturated carbocycles. The average molecular weight is 399 g/mol. The summed E-state index contributed by atoms with van der Waals surface area (Å²) in [5.41, 5.74) is 1.37. The molecule has 1 aromatic heterocycles. The van der Waals surface area contributed by atoms with Crippen molar-refractivity contribution in [2.75, 3.05) is 0 Å². The third kappa shape index (κ3) is 2.51. The Morgan fingerprint density at radius 1 is 1.15 bits per heavy atom. The van der Waals surface area contributed by atoms with Gasteiger partial charge in [0, 0.05) is 11.1 Å². The Balaban J connectivity index is 2.02. The summed E-state index contributed by atoms with van der Waals surface area (Å²) in [6.45, 7) is 0. The molecule has 0 amide bonds. The molecule has 0 aliphatic carbocycles. The van der Waals surface area contributed by atoms with E-state index in [0.29, 0.717) is 27.9 Å². The summed E-state index contributed by atoms with van der Waals surface area (Å²) in [6, 6.07) is 12.5. The molecule has 100 valence electrons. The van der Waals surface area contributed by atoms with Crippen LogP contribution in [0.1, 0.15) is 0 Å². The predicted molar refractivity (Wildman–Crippen MR) is 84.6 cm³/mol. The van der Waals surface area contributed by atoms with Crippen LogP contribution in [-0.4, -0.2) is 15.2 Å². The number of phenols is 1. The number of hydrogen-bond donors (Lipinski definition) is 1. The van der Waals surface area contributed by atoms with Crippen LogP contribution < -0.4 is 0 Å². The molecule has 1 heterocycles. The van der Waals surface area contributed by atoms with Crippen LogP contribution >= 0.6 is 34.2 Å². The van der Waals surface area contributed by atoms with Gasteiger partial charge in [-0.25, -0.2) is 0 Å². The van der Waals surface area contributed by atoms with Crippen molar-refractivity contribution in [3.63, 3.8) is 0 Å². The molecule has 0 aliphatic heterocycles. The molecule has 3 rings (SSSR count). The van der Waals surface area contributed by atoms with Crippen molar-refractivity contribution in [2.45, 2.75) is 0 Å². The van der Waals surface area contributed by atoms with Crippen molar-refractivity contribution >= 4 is 34.2 Å². The zero-order chi connectivity index (χ0) is 14.1. The molecule has 3 aromatic rings. The molecule has 0 fully saturated rings. The van der Waals surface area contributed by atoms with Crippen molar-refractivity contribution < 1.29 is 9.63 Å². The van der Waals surface area contributed by atoms with Crippen LogP contribution in [0.15, 0.2) is 47.0 Å². The third-order valence-corrected chi connectivity index (χ3v) is 3.98. The molecule has 0 saturated heterocycles. The van der Waals surface area contributed by atoms with Crippen LogP contribution in [0.5, 0.6) is 5.75 Å². The Hall–Kier alpha value is -1.60. The number of rotatable bonds is 2. The second-order valence-corrected chi connectivity index (χ2v) is 5.64. The Bertz CT molecular complexity index is 773. The Morgan fingerprint density at radius 2 is 1.95 bits per heavy atom. The van der Waals surface area contributed by atoms with Gasteiger partial charge < -0.3 is 9.63 Å². The second-order valence-electron chi connectivity index (χ2n) is 4.07. The normalized spacial score (nSPS) is 10.7. The zero-order valence-electron chi connectivity index (χ0n) is 10.0. The maximum Gasteiger partial charge on any atom is 0.258 e. The van der Waals surface area contributed by atoms with Gasteiger partial charge in [0.15, 0.2) is 0 Å². The van der Waals surface area contributed by atoms with Gasteiger partial charge in [0.25, 0.3) is 5.89 Å². The maximum atomic E-state index is 9.71. The number of nitrogens with zero attached hydrogens (tertiary/aromatic N) is 2. The van der Waals surface area contributed by atoms with Crippen molar-refractivity contribution in [1.29, 1.82) is 0 Å². The van der Waals surface area contributed by atoms with E-state index in [-0.39, 0.29) is 5.75 Å². The van der Waals surface area contributed by atoms with Gasteiger partial charge >= 0.3 is 0 Å². The van der Waals surface area contributed by atoms with E-state index in [2.05, 4.69) is 10.1 Å². The minimum Gasteiger partial charge on any atom is -0.507 e. The predicted octanol–water partition coefficient (Wildman–Crippen LogP) is 4.37. The van der Waals surface area contributed by atoms with E-state index in [1.807, 2.05) is 46.9 Å². The van der Waals surface area contributed by atoms with Crippen LogP contribution in [-0.2, 0) is 0 Å². The van der Waals surface area contributed by atoms with Gasteiger partial charge in [-0.2, -0.15) is 4.98 Å². The average Bonchev–Trinajstić information content (AvgIpc) is 2.92. The summed E-state index contributed by atoms with van der Waals surface area (Å²) in [5, 5.41) is 14.2. The van der Waals surface area contributed by atoms with E-state index in [1.54, 1.807) is 18.2 Å². The van der Waals surface area contributed by atoms with E-state index in [0.717, 1.165) is 3.57 Å². The summed E-state index contributed by atoms with van der Waals surface area (Å²) in [4.78, 5) is 4.31. The molecule has 0 radical (unpaired) electrons. The van der Waals surface area contributed by atoms with Gasteiger partial charge in [0.2, 0.25) is 5.82 Å². The largest absolute Gasteiger partial charge is 0.507 e. The molecule has 0 spiro atoms. The van der Waals surface area contributed by atoms with E-state index >= 15 is 0 Å². The van der Waals surface area contributed by atoms with E-state index in [4.69, 9.17) is 16.1 Å². The monoisotopic (exact) mass is 398 g/mol. The number of halogens is 2. The molecule has 2 aromatic carbocycles. The minimum atomic E-state index is 0.181. The van der Waals surface area contributed by atoms with Gasteiger partial charge in [-0.15, -0.1) is 0 Å². The standard InChI is InChI=1S/C14H8ClIN2O2/c15-10-4-2-1-3-9(10)13-17-14(20-18-13)8-5-6-11(16)12(19)7-8/h1-7,19H. The highest BCUT2D eigenvalue weighted by atomic mass is 127. The summed E-state index contributed by atoms with van der Waals surface area (Å²) in [7, 11) is 0. The zero-order valence-corrected chi connectivity index (χ0v) is 13.0. The molecule has 0 atom stereocenters. The highest BCUT2D eigenvalue weighted by Gasteiger charge is 2.13. The van der Waals surface area contributed by atoms with E-state index in [9.17, 15) is 5.11 Å². The number of aromatic nitrogens is 2. The molecule has 20 heavy (non-hydrogen) atoms. The van der Waals surface area contributed by atoms with Crippen molar-refractivity contribution in [1.82, 2.24) is 10.1 Å². The summed E-state index contributed by atoms with van der Waals surface area (Å²) >= 11 is 8.14. The van der Waals surface area contributed by atoms with Crippen LogP contribution in [0.2, 0.25) is 5.02 Å². The molecule has 0 bridgehead atoms.